The predicted octanol–water partition coefficient (Wildman–Crippen LogP) is 3.46. The minimum atomic E-state index is -0.268. The number of carbonyl (C=O) groups is 1. The SMILES string of the molecule is Cc1nn([C@H](C)C(=O)N[C@H](C)[C@@H]2C[C@H]3CC[C@H]2C3)cc1Br. The van der Waals surface area contributed by atoms with Crippen molar-refractivity contribution in [2.75, 3.05) is 0 Å². The molecule has 0 aromatic carbocycles. The van der Waals surface area contributed by atoms with E-state index >= 15 is 0 Å². The van der Waals surface area contributed by atoms with Crippen LogP contribution in [0.2, 0.25) is 0 Å². The van der Waals surface area contributed by atoms with Crippen LogP contribution in [0.15, 0.2) is 10.7 Å². The van der Waals surface area contributed by atoms with Crippen molar-refractivity contribution in [1.29, 1.82) is 0 Å². The third-order valence-corrected chi connectivity index (χ3v) is 6.22. The van der Waals surface area contributed by atoms with Crippen molar-refractivity contribution in [2.24, 2.45) is 17.8 Å². The van der Waals surface area contributed by atoms with E-state index in [9.17, 15) is 4.79 Å². The van der Waals surface area contributed by atoms with Gasteiger partial charge in [0.15, 0.2) is 0 Å². The monoisotopic (exact) mass is 353 g/mol. The average molecular weight is 354 g/mol. The fourth-order valence-electron chi connectivity index (χ4n) is 4.14. The van der Waals surface area contributed by atoms with Crippen molar-refractivity contribution in [3.63, 3.8) is 0 Å². The second kappa shape index (κ2) is 5.75. The molecule has 0 radical (unpaired) electrons. The molecule has 21 heavy (non-hydrogen) atoms. The second-order valence-corrected chi connectivity index (χ2v) is 7.71. The molecule has 2 fully saturated rings. The Hall–Kier alpha value is -0.840. The van der Waals surface area contributed by atoms with E-state index in [0.717, 1.165) is 22.0 Å². The van der Waals surface area contributed by atoms with Crippen LogP contribution in [0.3, 0.4) is 0 Å². The third-order valence-electron chi connectivity index (χ3n) is 5.44. The van der Waals surface area contributed by atoms with Crippen LogP contribution in [0, 0.1) is 24.7 Å². The van der Waals surface area contributed by atoms with Gasteiger partial charge in [-0.05, 0) is 73.7 Å². The predicted molar refractivity (Wildman–Crippen MR) is 85.9 cm³/mol. The smallest absolute Gasteiger partial charge is 0.244 e. The van der Waals surface area contributed by atoms with Crippen molar-refractivity contribution >= 4 is 21.8 Å². The molecule has 0 spiro atoms. The number of hydrogen-bond donors (Lipinski definition) is 1. The van der Waals surface area contributed by atoms with Gasteiger partial charge in [-0.3, -0.25) is 9.48 Å². The quantitative estimate of drug-likeness (QED) is 0.900. The van der Waals surface area contributed by atoms with E-state index in [4.69, 9.17) is 0 Å². The van der Waals surface area contributed by atoms with Gasteiger partial charge in [0.05, 0.1) is 10.2 Å². The van der Waals surface area contributed by atoms with Gasteiger partial charge >= 0.3 is 0 Å². The molecule has 1 aromatic rings. The summed E-state index contributed by atoms with van der Waals surface area (Å²) >= 11 is 3.45. The highest BCUT2D eigenvalue weighted by atomic mass is 79.9. The van der Waals surface area contributed by atoms with Gasteiger partial charge in [0, 0.05) is 12.2 Å². The summed E-state index contributed by atoms with van der Waals surface area (Å²) in [6.45, 7) is 6.01. The minimum Gasteiger partial charge on any atom is -0.352 e. The molecule has 4 nitrogen and oxygen atoms in total. The molecule has 116 valence electrons. The summed E-state index contributed by atoms with van der Waals surface area (Å²) in [5.74, 6) is 2.49. The molecule has 5 atom stereocenters. The first-order chi connectivity index (χ1) is 9.95. The number of rotatable bonds is 4. The number of fused-ring (bicyclic) bond motifs is 2. The molecule has 2 aliphatic rings. The Morgan fingerprint density at radius 2 is 2.19 bits per heavy atom. The molecule has 2 saturated carbocycles. The van der Waals surface area contributed by atoms with E-state index in [0.29, 0.717) is 5.92 Å². The molecule has 1 heterocycles. The Morgan fingerprint density at radius 3 is 2.71 bits per heavy atom. The standard InChI is InChI=1S/C16H24BrN3O/c1-9(14-7-12-4-5-13(14)6-12)18-16(21)11(3)20-8-15(17)10(2)19-20/h8-9,11-14H,4-7H2,1-3H3,(H,18,21)/t9-,11-,12+,13+,14+/m1/s1. The number of carbonyl (C=O) groups excluding carboxylic acids is 1. The van der Waals surface area contributed by atoms with Gasteiger partial charge in [-0.2, -0.15) is 5.10 Å². The minimum absolute atomic E-state index is 0.0697. The zero-order valence-electron chi connectivity index (χ0n) is 13.0. The second-order valence-electron chi connectivity index (χ2n) is 6.85. The topological polar surface area (TPSA) is 46.9 Å². The maximum absolute atomic E-state index is 12.5. The first-order valence-corrected chi connectivity index (χ1v) is 8.76. The third kappa shape index (κ3) is 2.89. The lowest BCUT2D eigenvalue weighted by molar-refractivity contribution is -0.125. The lowest BCUT2D eigenvalue weighted by Gasteiger charge is -2.29. The van der Waals surface area contributed by atoms with Crippen LogP contribution in [0.4, 0.5) is 0 Å². The number of aromatic nitrogens is 2. The van der Waals surface area contributed by atoms with Crippen molar-refractivity contribution in [3.05, 3.63) is 16.4 Å². The molecule has 2 aliphatic carbocycles. The van der Waals surface area contributed by atoms with Gasteiger partial charge in [-0.1, -0.05) is 6.42 Å². The summed E-state index contributed by atoms with van der Waals surface area (Å²) in [5.41, 5.74) is 0.913. The van der Waals surface area contributed by atoms with Crippen LogP contribution >= 0.6 is 15.9 Å². The zero-order chi connectivity index (χ0) is 15.1. The molecule has 3 rings (SSSR count). The summed E-state index contributed by atoms with van der Waals surface area (Å²) < 4.78 is 2.69. The summed E-state index contributed by atoms with van der Waals surface area (Å²) in [4.78, 5) is 12.5. The van der Waals surface area contributed by atoms with Gasteiger partial charge in [-0.15, -0.1) is 0 Å². The highest BCUT2D eigenvalue weighted by Crippen LogP contribution is 2.49. The van der Waals surface area contributed by atoms with Gasteiger partial charge in [-0.25, -0.2) is 0 Å². The molecule has 1 aromatic heterocycles. The number of halogens is 1. The molecule has 0 unspecified atom stereocenters. The molecule has 2 bridgehead atoms. The van der Waals surface area contributed by atoms with Crippen LogP contribution in [0.5, 0.6) is 0 Å². The van der Waals surface area contributed by atoms with Gasteiger partial charge in [0.25, 0.3) is 0 Å². The first-order valence-electron chi connectivity index (χ1n) is 7.97. The van der Waals surface area contributed by atoms with E-state index in [2.05, 4.69) is 33.3 Å². The fourth-order valence-corrected chi connectivity index (χ4v) is 4.43. The van der Waals surface area contributed by atoms with Gasteiger partial charge in [0.1, 0.15) is 6.04 Å². The maximum Gasteiger partial charge on any atom is 0.244 e. The molecular formula is C16H24BrN3O. The summed E-state index contributed by atoms with van der Waals surface area (Å²) in [6.07, 6.45) is 7.32. The molecule has 1 amide bonds. The van der Waals surface area contributed by atoms with E-state index in [1.807, 2.05) is 20.0 Å². The lowest BCUT2D eigenvalue weighted by atomic mass is 9.84. The fraction of sp³-hybridized carbons (Fsp3) is 0.750. The van der Waals surface area contributed by atoms with Crippen LogP contribution in [-0.2, 0) is 4.79 Å². The zero-order valence-corrected chi connectivity index (χ0v) is 14.6. The van der Waals surface area contributed by atoms with Crippen LogP contribution in [0.1, 0.15) is 51.3 Å². The van der Waals surface area contributed by atoms with Crippen LogP contribution in [0.25, 0.3) is 0 Å². The Bertz CT molecular complexity index is 522. The van der Waals surface area contributed by atoms with E-state index in [-0.39, 0.29) is 18.0 Å². The summed E-state index contributed by atoms with van der Waals surface area (Å²) in [5, 5.41) is 7.60. The van der Waals surface area contributed by atoms with Gasteiger partial charge in [0.2, 0.25) is 5.91 Å². The number of amides is 1. The first kappa shape index (κ1) is 15.1. The Morgan fingerprint density at radius 1 is 1.43 bits per heavy atom. The highest BCUT2D eigenvalue weighted by molar-refractivity contribution is 9.10. The Labute approximate surface area is 134 Å². The highest BCUT2D eigenvalue weighted by Gasteiger charge is 2.42. The number of aryl methyl sites for hydroxylation is 1. The molecule has 0 aliphatic heterocycles. The lowest BCUT2D eigenvalue weighted by Crippen LogP contribution is -2.43. The van der Waals surface area contributed by atoms with Crippen LogP contribution in [-0.4, -0.2) is 21.7 Å². The van der Waals surface area contributed by atoms with Crippen molar-refractivity contribution in [2.45, 2.75) is 58.5 Å². The molecule has 0 saturated heterocycles. The number of nitrogens with zero attached hydrogens (tertiary/aromatic N) is 2. The Balaban J connectivity index is 1.60. The van der Waals surface area contributed by atoms with Gasteiger partial charge < -0.3 is 5.32 Å². The summed E-state index contributed by atoms with van der Waals surface area (Å²) in [7, 11) is 0. The van der Waals surface area contributed by atoms with Crippen molar-refractivity contribution < 1.29 is 4.79 Å². The number of nitrogens with one attached hydrogen (secondary N) is 1. The molecule has 5 heteroatoms. The average Bonchev–Trinajstić information content (AvgIpc) is 3.14. The molecule has 1 N–H and O–H groups in total. The van der Waals surface area contributed by atoms with E-state index in [1.54, 1.807) is 4.68 Å². The normalized spacial score (nSPS) is 30.4. The largest absolute Gasteiger partial charge is 0.352 e. The number of hydrogen-bond acceptors (Lipinski definition) is 2. The molecular weight excluding hydrogens is 330 g/mol. The van der Waals surface area contributed by atoms with E-state index in [1.165, 1.54) is 25.7 Å². The van der Waals surface area contributed by atoms with E-state index < -0.39 is 0 Å². The van der Waals surface area contributed by atoms with Crippen LogP contribution < -0.4 is 5.32 Å². The summed E-state index contributed by atoms with van der Waals surface area (Å²) in [6, 6.07) is 0.00592. The maximum atomic E-state index is 12.5. The van der Waals surface area contributed by atoms with Crippen molar-refractivity contribution in [3.8, 4) is 0 Å². The Kier molecular flexibility index (Phi) is 4.12. The van der Waals surface area contributed by atoms with Crippen molar-refractivity contribution in [1.82, 2.24) is 15.1 Å².